The Hall–Kier alpha value is -1.17. The molecular formula is C12H22N4OS. The van der Waals surface area contributed by atoms with Crippen molar-refractivity contribution in [3.63, 3.8) is 0 Å². The quantitative estimate of drug-likeness (QED) is 0.703. The van der Waals surface area contributed by atoms with Crippen molar-refractivity contribution in [2.75, 3.05) is 35.7 Å². The molecule has 18 heavy (non-hydrogen) atoms. The van der Waals surface area contributed by atoms with Crippen LogP contribution in [0.5, 0.6) is 0 Å². The number of nitrogens with one attached hydrogen (secondary N) is 2. The van der Waals surface area contributed by atoms with Gasteiger partial charge >= 0.3 is 0 Å². The molecule has 0 saturated heterocycles. The van der Waals surface area contributed by atoms with Crippen molar-refractivity contribution in [1.29, 1.82) is 0 Å². The summed E-state index contributed by atoms with van der Waals surface area (Å²) >= 11 is 0. The number of nitrogens with zero attached hydrogens (tertiary/aromatic N) is 2. The van der Waals surface area contributed by atoms with E-state index in [2.05, 4.69) is 20.6 Å². The first kappa shape index (κ1) is 14.9. The predicted molar refractivity (Wildman–Crippen MR) is 77.6 cm³/mol. The Morgan fingerprint density at radius 1 is 1.22 bits per heavy atom. The Balaban J connectivity index is 2.57. The SMILES string of the molecule is CCNc1cc(NCCCS(C)=O)nc(CC)n1. The van der Waals surface area contributed by atoms with Gasteiger partial charge in [-0.3, -0.25) is 4.21 Å². The van der Waals surface area contributed by atoms with Crippen LogP contribution in [0.3, 0.4) is 0 Å². The fourth-order valence-electron chi connectivity index (χ4n) is 1.51. The van der Waals surface area contributed by atoms with Crippen molar-refractivity contribution in [3.05, 3.63) is 11.9 Å². The van der Waals surface area contributed by atoms with Gasteiger partial charge in [-0.1, -0.05) is 6.92 Å². The zero-order chi connectivity index (χ0) is 13.4. The van der Waals surface area contributed by atoms with E-state index in [0.717, 1.165) is 49.1 Å². The third-order valence-corrected chi connectivity index (χ3v) is 3.22. The molecule has 5 nitrogen and oxygen atoms in total. The van der Waals surface area contributed by atoms with Gasteiger partial charge in [-0.25, -0.2) is 9.97 Å². The van der Waals surface area contributed by atoms with Crippen LogP contribution in [-0.2, 0) is 17.2 Å². The highest BCUT2D eigenvalue weighted by Gasteiger charge is 2.02. The Labute approximate surface area is 111 Å². The summed E-state index contributed by atoms with van der Waals surface area (Å²) in [4.78, 5) is 8.80. The predicted octanol–water partition coefficient (Wildman–Crippen LogP) is 1.65. The third kappa shape index (κ3) is 5.44. The van der Waals surface area contributed by atoms with Crippen LogP contribution in [-0.4, -0.2) is 39.3 Å². The van der Waals surface area contributed by atoms with Crippen LogP contribution in [0.2, 0.25) is 0 Å². The molecule has 0 amide bonds. The summed E-state index contributed by atoms with van der Waals surface area (Å²) in [5.74, 6) is 3.24. The summed E-state index contributed by atoms with van der Waals surface area (Å²) in [5, 5.41) is 6.44. The van der Waals surface area contributed by atoms with Crippen LogP contribution >= 0.6 is 0 Å². The highest BCUT2D eigenvalue weighted by molar-refractivity contribution is 7.84. The fraction of sp³-hybridized carbons (Fsp3) is 0.667. The topological polar surface area (TPSA) is 66.9 Å². The highest BCUT2D eigenvalue weighted by Crippen LogP contribution is 2.11. The Morgan fingerprint density at radius 3 is 2.44 bits per heavy atom. The van der Waals surface area contributed by atoms with Crippen LogP contribution in [0, 0.1) is 0 Å². The molecule has 1 heterocycles. The number of hydrogen-bond acceptors (Lipinski definition) is 5. The Kier molecular flexibility index (Phi) is 6.64. The Morgan fingerprint density at radius 2 is 1.89 bits per heavy atom. The molecule has 0 radical (unpaired) electrons. The molecule has 0 aliphatic rings. The van der Waals surface area contributed by atoms with E-state index < -0.39 is 10.8 Å². The number of aryl methyl sites for hydroxylation is 1. The number of rotatable bonds is 8. The van der Waals surface area contributed by atoms with E-state index in [9.17, 15) is 4.21 Å². The van der Waals surface area contributed by atoms with Gasteiger partial charge in [-0.15, -0.1) is 0 Å². The van der Waals surface area contributed by atoms with E-state index in [1.807, 2.05) is 19.9 Å². The molecule has 0 spiro atoms. The van der Waals surface area contributed by atoms with E-state index in [1.54, 1.807) is 6.26 Å². The van der Waals surface area contributed by atoms with E-state index in [0.29, 0.717) is 0 Å². The van der Waals surface area contributed by atoms with E-state index in [4.69, 9.17) is 0 Å². The number of aromatic nitrogens is 2. The zero-order valence-electron chi connectivity index (χ0n) is 11.3. The maximum Gasteiger partial charge on any atom is 0.132 e. The van der Waals surface area contributed by atoms with Crippen LogP contribution in [0.25, 0.3) is 0 Å². The minimum Gasteiger partial charge on any atom is -0.370 e. The van der Waals surface area contributed by atoms with Crippen molar-refractivity contribution in [2.24, 2.45) is 0 Å². The smallest absolute Gasteiger partial charge is 0.132 e. The lowest BCUT2D eigenvalue weighted by Crippen LogP contribution is -2.10. The van der Waals surface area contributed by atoms with Gasteiger partial charge in [0, 0.05) is 48.4 Å². The molecule has 0 bridgehead atoms. The van der Waals surface area contributed by atoms with Gasteiger partial charge in [0.25, 0.3) is 0 Å². The first-order chi connectivity index (χ1) is 8.65. The van der Waals surface area contributed by atoms with Crippen molar-refractivity contribution in [3.8, 4) is 0 Å². The molecular weight excluding hydrogens is 248 g/mol. The van der Waals surface area contributed by atoms with Crippen LogP contribution in [0.4, 0.5) is 11.6 Å². The zero-order valence-corrected chi connectivity index (χ0v) is 12.1. The molecule has 102 valence electrons. The monoisotopic (exact) mass is 270 g/mol. The van der Waals surface area contributed by atoms with Gasteiger partial charge in [0.15, 0.2) is 0 Å². The first-order valence-corrected chi connectivity index (χ1v) is 8.04. The largest absolute Gasteiger partial charge is 0.370 e. The Bertz CT molecular complexity index is 398. The molecule has 1 aromatic heterocycles. The minimum atomic E-state index is -0.722. The molecule has 0 aliphatic heterocycles. The van der Waals surface area contributed by atoms with E-state index >= 15 is 0 Å². The van der Waals surface area contributed by atoms with Crippen LogP contribution < -0.4 is 10.6 Å². The second-order valence-corrected chi connectivity index (χ2v) is 5.55. The van der Waals surface area contributed by atoms with Gasteiger partial charge in [-0.2, -0.15) is 0 Å². The molecule has 6 heteroatoms. The van der Waals surface area contributed by atoms with Gasteiger partial charge < -0.3 is 10.6 Å². The molecule has 1 rings (SSSR count). The van der Waals surface area contributed by atoms with Crippen molar-refractivity contribution in [2.45, 2.75) is 26.7 Å². The van der Waals surface area contributed by atoms with E-state index in [1.165, 1.54) is 0 Å². The third-order valence-electron chi connectivity index (χ3n) is 2.36. The summed E-state index contributed by atoms with van der Waals surface area (Å²) in [6, 6.07) is 1.91. The second-order valence-electron chi connectivity index (χ2n) is 4.00. The first-order valence-electron chi connectivity index (χ1n) is 6.31. The maximum atomic E-state index is 10.9. The second kappa shape index (κ2) is 8.02. The molecule has 0 aromatic carbocycles. The summed E-state index contributed by atoms with van der Waals surface area (Å²) in [5.41, 5.74) is 0. The van der Waals surface area contributed by atoms with Gasteiger partial charge in [0.2, 0.25) is 0 Å². The lowest BCUT2D eigenvalue weighted by molar-refractivity contribution is 0.685. The summed E-state index contributed by atoms with van der Waals surface area (Å²) in [6.45, 7) is 5.70. The van der Waals surface area contributed by atoms with Crippen molar-refractivity contribution >= 4 is 22.4 Å². The average molecular weight is 270 g/mol. The number of hydrogen-bond donors (Lipinski definition) is 2. The molecule has 0 saturated carbocycles. The molecule has 1 aromatic rings. The number of anilines is 2. The van der Waals surface area contributed by atoms with Crippen LogP contribution in [0.15, 0.2) is 6.07 Å². The summed E-state index contributed by atoms with van der Waals surface area (Å²) in [7, 11) is -0.722. The van der Waals surface area contributed by atoms with Crippen LogP contribution in [0.1, 0.15) is 26.1 Å². The van der Waals surface area contributed by atoms with Crippen molar-refractivity contribution in [1.82, 2.24) is 9.97 Å². The standard InChI is InChI=1S/C12H22N4OS/c1-4-10-15-11(13-5-2)9-12(16-10)14-7-6-8-18(3)17/h9H,4-8H2,1-3H3,(H2,13,14,15,16). The lowest BCUT2D eigenvalue weighted by atomic mass is 10.4. The molecule has 1 unspecified atom stereocenters. The fourth-order valence-corrected chi connectivity index (χ4v) is 2.06. The summed E-state index contributed by atoms with van der Waals surface area (Å²) in [6.07, 6.45) is 3.42. The molecule has 0 fully saturated rings. The molecule has 2 N–H and O–H groups in total. The molecule has 0 aliphatic carbocycles. The minimum absolute atomic E-state index is 0.721. The highest BCUT2D eigenvalue weighted by atomic mass is 32.2. The van der Waals surface area contributed by atoms with Gasteiger partial charge in [-0.05, 0) is 13.3 Å². The van der Waals surface area contributed by atoms with Gasteiger partial charge in [0.1, 0.15) is 17.5 Å². The van der Waals surface area contributed by atoms with Crippen molar-refractivity contribution < 1.29 is 4.21 Å². The molecule has 1 atom stereocenters. The van der Waals surface area contributed by atoms with Gasteiger partial charge in [0.05, 0.1) is 0 Å². The summed E-state index contributed by atoms with van der Waals surface area (Å²) < 4.78 is 10.9. The normalized spacial score (nSPS) is 12.2. The average Bonchev–Trinajstić information content (AvgIpc) is 2.34. The lowest BCUT2D eigenvalue weighted by Gasteiger charge is -2.09. The van der Waals surface area contributed by atoms with E-state index in [-0.39, 0.29) is 0 Å². The maximum absolute atomic E-state index is 10.9.